The molecule has 0 spiro atoms. The van der Waals surface area contributed by atoms with Crippen molar-refractivity contribution in [1.29, 1.82) is 0 Å². The van der Waals surface area contributed by atoms with Crippen LogP contribution in [0, 0.1) is 6.92 Å². The van der Waals surface area contributed by atoms with Crippen molar-refractivity contribution in [3.63, 3.8) is 0 Å². The Morgan fingerprint density at radius 3 is 2.15 bits per heavy atom. The molecule has 0 unspecified atom stereocenters. The van der Waals surface area contributed by atoms with Gasteiger partial charge in [-0.15, -0.1) is 0 Å². The summed E-state index contributed by atoms with van der Waals surface area (Å²) in [5.41, 5.74) is 6.02. The lowest BCUT2D eigenvalue weighted by Gasteiger charge is -2.12. The first-order chi connectivity index (χ1) is 12.8. The molecule has 4 rings (SSSR count). The SMILES string of the molecule is Cc1ccc(CSc2ncc(-c3ccccc3)n2-c2ccccc2)cc1. The molecule has 0 N–H and O–H groups in total. The summed E-state index contributed by atoms with van der Waals surface area (Å²) < 4.78 is 2.24. The number of para-hydroxylation sites is 1. The summed E-state index contributed by atoms with van der Waals surface area (Å²) in [6.45, 7) is 2.12. The first-order valence-electron chi connectivity index (χ1n) is 8.68. The Bertz CT molecular complexity index is 974. The zero-order valence-electron chi connectivity index (χ0n) is 14.7. The van der Waals surface area contributed by atoms with Gasteiger partial charge in [0, 0.05) is 17.0 Å². The van der Waals surface area contributed by atoms with Gasteiger partial charge in [-0.25, -0.2) is 4.98 Å². The van der Waals surface area contributed by atoms with Crippen molar-refractivity contribution in [3.05, 3.63) is 102 Å². The molecule has 0 radical (unpaired) electrons. The molecular weight excluding hydrogens is 336 g/mol. The molecule has 1 heterocycles. The molecular formula is C23H20N2S. The lowest BCUT2D eigenvalue weighted by Crippen LogP contribution is -1.99. The zero-order valence-corrected chi connectivity index (χ0v) is 15.5. The Labute approximate surface area is 158 Å². The van der Waals surface area contributed by atoms with E-state index in [0.29, 0.717) is 0 Å². The average molecular weight is 356 g/mol. The fraction of sp³-hybridized carbons (Fsp3) is 0.0870. The summed E-state index contributed by atoms with van der Waals surface area (Å²) in [6, 6.07) is 29.6. The average Bonchev–Trinajstić information content (AvgIpc) is 3.13. The Hall–Kier alpha value is -2.78. The van der Waals surface area contributed by atoms with Crippen LogP contribution in [0.25, 0.3) is 16.9 Å². The van der Waals surface area contributed by atoms with Crippen LogP contribution in [0.15, 0.2) is 96.3 Å². The minimum Gasteiger partial charge on any atom is -0.287 e. The van der Waals surface area contributed by atoms with Gasteiger partial charge in [0.1, 0.15) is 0 Å². The number of aryl methyl sites for hydroxylation is 1. The van der Waals surface area contributed by atoms with Crippen molar-refractivity contribution in [1.82, 2.24) is 9.55 Å². The number of aromatic nitrogens is 2. The molecule has 0 bridgehead atoms. The third kappa shape index (κ3) is 3.58. The highest BCUT2D eigenvalue weighted by Crippen LogP contribution is 2.31. The lowest BCUT2D eigenvalue weighted by molar-refractivity contribution is 0.900. The number of hydrogen-bond acceptors (Lipinski definition) is 2. The molecule has 0 amide bonds. The summed E-state index contributed by atoms with van der Waals surface area (Å²) in [7, 11) is 0. The molecule has 0 aliphatic rings. The number of hydrogen-bond donors (Lipinski definition) is 0. The van der Waals surface area contributed by atoms with Gasteiger partial charge in [-0.3, -0.25) is 4.57 Å². The second-order valence-electron chi connectivity index (χ2n) is 6.24. The normalized spacial score (nSPS) is 10.8. The predicted molar refractivity (Wildman–Crippen MR) is 110 cm³/mol. The summed E-state index contributed by atoms with van der Waals surface area (Å²) in [6.07, 6.45) is 1.97. The minimum absolute atomic E-state index is 0.901. The van der Waals surface area contributed by atoms with Crippen LogP contribution in [0.4, 0.5) is 0 Å². The molecule has 3 heteroatoms. The van der Waals surface area contributed by atoms with Gasteiger partial charge < -0.3 is 0 Å². The Morgan fingerprint density at radius 1 is 0.808 bits per heavy atom. The van der Waals surface area contributed by atoms with E-state index in [1.165, 1.54) is 16.7 Å². The molecule has 1 aromatic heterocycles. The van der Waals surface area contributed by atoms with Gasteiger partial charge in [-0.05, 0) is 24.6 Å². The molecule has 128 valence electrons. The Kier molecular flexibility index (Phi) is 4.89. The van der Waals surface area contributed by atoms with Gasteiger partial charge >= 0.3 is 0 Å². The van der Waals surface area contributed by atoms with Gasteiger partial charge in [0.25, 0.3) is 0 Å². The van der Waals surface area contributed by atoms with Crippen LogP contribution in [-0.2, 0) is 5.75 Å². The molecule has 4 aromatic rings. The molecule has 0 aliphatic heterocycles. The van der Waals surface area contributed by atoms with Crippen molar-refractivity contribution in [2.24, 2.45) is 0 Å². The largest absolute Gasteiger partial charge is 0.287 e. The van der Waals surface area contributed by atoms with Gasteiger partial charge in [0.05, 0.1) is 11.9 Å². The first-order valence-corrected chi connectivity index (χ1v) is 9.67. The van der Waals surface area contributed by atoms with E-state index >= 15 is 0 Å². The molecule has 0 atom stereocenters. The van der Waals surface area contributed by atoms with Crippen LogP contribution >= 0.6 is 11.8 Å². The number of imidazole rings is 1. The van der Waals surface area contributed by atoms with E-state index in [9.17, 15) is 0 Å². The second-order valence-corrected chi connectivity index (χ2v) is 7.18. The Morgan fingerprint density at radius 2 is 1.46 bits per heavy atom. The third-order valence-corrected chi connectivity index (χ3v) is 5.33. The smallest absolute Gasteiger partial charge is 0.173 e. The molecule has 0 saturated heterocycles. The number of thioether (sulfide) groups is 1. The van der Waals surface area contributed by atoms with E-state index in [-0.39, 0.29) is 0 Å². The maximum absolute atomic E-state index is 4.73. The molecule has 0 saturated carbocycles. The van der Waals surface area contributed by atoms with Crippen molar-refractivity contribution in [2.75, 3.05) is 0 Å². The molecule has 0 fully saturated rings. The summed E-state index contributed by atoms with van der Waals surface area (Å²) in [5.74, 6) is 0.901. The first kappa shape index (κ1) is 16.7. The number of rotatable bonds is 5. The van der Waals surface area contributed by atoms with E-state index < -0.39 is 0 Å². The second kappa shape index (κ2) is 7.63. The topological polar surface area (TPSA) is 17.8 Å². The van der Waals surface area contributed by atoms with Crippen LogP contribution in [-0.4, -0.2) is 9.55 Å². The van der Waals surface area contributed by atoms with Crippen LogP contribution in [0.2, 0.25) is 0 Å². The van der Waals surface area contributed by atoms with E-state index in [0.717, 1.165) is 22.3 Å². The molecule has 2 nitrogen and oxygen atoms in total. The van der Waals surface area contributed by atoms with Gasteiger partial charge in [0.2, 0.25) is 0 Å². The fourth-order valence-corrected chi connectivity index (χ4v) is 3.86. The van der Waals surface area contributed by atoms with Gasteiger partial charge in [-0.2, -0.15) is 0 Å². The molecule has 3 aromatic carbocycles. The highest BCUT2D eigenvalue weighted by Gasteiger charge is 2.14. The standard InChI is InChI=1S/C23H20N2S/c1-18-12-14-19(15-13-18)17-26-23-24-16-22(20-8-4-2-5-9-20)25(23)21-10-6-3-7-11-21/h2-16H,17H2,1H3. The van der Waals surface area contributed by atoms with E-state index in [4.69, 9.17) is 4.98 Å². The third-order valence-electron chi connectivity index (χ3n) is 4.30. The lowest BCUT2D eigenvalue weighted by atomic mass is 10.1. The highest BCUT2D eigenvalue weighted by atomic mass is 32.2. The van der Waals surface area contributed by atoms with Crippen LogP contribution < -0.4 is 0 Å². The fourth-order valence-electron chi connectivity index (χ4n) is 2.91. The van der Waals surface area contributed by atoms with E-state index in [2.05, 4.69) is 84.3 Å². The highest BCUT2D eigenvalue weighted by molar-refractivity contribution is 7.98. The quantitative estimate of drug-likeness (QED) is 0.400. The van der Waals surface area contributed by atoms with Gasteiger partial charge in [0.15, 0.2) is 5.16 Å². The Balaban J connectivity index is 1.70. The van der Waals surface area contributed by atoms with Crippen molar-refractivity contribution in [3.8, 4) is 16.9 Å². The molecule has 26 heavy (non-hydrogen) atoms. The minimum atomic E-state index is 0.901. The van der Waals surface area contributed by atoms with E-state index in [1.54, 1.807) is 11.8 Å². The van der Waals surface area contributed by atoms with Gasteiger partial charge in [-0.1, -0.05) is 90.1 Å². The summed E-state index contributed by atoms with van der Waals surface area (Å²) >= 11 is 1.77. The van der Waals surface area contributed by atoms with Crippen LogP contribution in [0.5, 0.6) is 0 Å². The van der Waals surface area contributed by atoms with Crippen LogP contribution in [0.3, 0.4) is 0 Å². The summed E-state index contributed by atoms with van der Waals surface area (Å²) in [5, 5.41) is 1.01. The van der Waals surface area contributed by atoms with Crippen molar-refractivity contribution in [2.45, 2.75) is 17.8 Å². The van der Waals surface area contributed by atoms with Crippen molar-refractivity contribution >= 4 is 11.8 Å². The maximum Gasteiger partial charge on any atom is 0.173 e. The van der Waals surface area contributed by atoms with Crippen molar-refractivity contribution < 1.29 is 0 Å². The monoisotopic (exact) mass is 356 g/mol. The van der Waals surface area contributed by atoms with E-state index in [1.807, 2.05) is 18.3 Å². The van der Waals surface area contributed by atoms with Crippen LogP contribution in [0.1, 0.15) is 11.1 Å². The predicted octanol–water partition coefficient (Wildman–Crippen LogP) is 6.14. The number of benzene rings is 3. The molecule has 0 aliphatic carbocycles. The summed E-state index contributed by atoms with van der Waals surface area (Å²) in [4.78, 5) is 4.73. The number of nitrogens with zero attached hydrogens (tertiary/aromatic N) is 2. The zero-order chi connectivity index (χ0) is 17.8. The maximum atomic E-state index is 4.73.